The van der Waals surface area contributed by atoms with E-state index >= 15 is 0 Å². The minimum absolute atomic E-state index is 0.0374. The molecule has 0 heterocycles. The molecule has 1 amide bonds. The van der Waals surface area contributed by atoms with E-state index in [4.69, 9.17) is 0 Å². The van der Waals surface area contributed by atoms with Gasteiger partial charge in [0, 0.05) is 26.3 Å². The summed E-state index contributed by atoms with van der Waals surface area (Å²) in [5, 5.41) is 3.03. The van der Waals surface area contributed by atoms with Crippen LogP contribution < -0.4 is 10.2 Å². The highest BCUT2D eigenvalue weighted by atomic mass is 16.2. The van der Waals surface area contributed by atoms with Crippen molar-refractivity contribution in [1.82, 2.24) is 5.32 Å². The lowest BCUT2D eigenvalue weighted by atomic mass is 9.84. The van der Waals surface area contributed by atoms with Crippen LogP contribution in [0.1, 0.15) is 25.0 Å². The summed E-state index contributed by atoms with van der Waals surface area (Å²) in [4.78, 5) is 14.6. The molecule has 0 bridgehead atoms. The second-order valence-corrected chi connectivity index (χ2v) is 6.23. The van der Waals surface area contributed by atoms with Crippen LogP contribution in [0, 0.1) is 0 Å². The molecule has 0 unspecified atom stereocenters. The largest absolute Gasteiger partial charge is 0.378 e. The van der Waals surface area contributed by atoms with Gasteiger partial charge in [-0.15, -0.1) is 0 Å². The average molecular weight is 296 g/mol. The predicted molar refractivity (Wildman–Crippen MR) is 92.1 cm³/mol. The maximum Gasteiger partial charge on any atom is 0.230 e. The van der Waals surface area contributed by atoms with Gasteiger partial charge in [0.25, 0.3) is 0 Å². The zero-order valence-corrected chi connectivity index (χ0v) is 13.8. The second kappa shape index (κ2) is 6.65. The van der Waals surface area contributed by atoms with Gasteiger partial charge in [0.15, 0.2) is 0 Å². The number of hydrogen-bond donors (Lipinski definition) is 1. The van der Waals surface area contributed by atoms with Gasteiger partial charge in [0.05, 0.1) is 5.41 Å². The van der Waals surface area contributed by atoms with Gasteiger partial charge in [-0.3, -0.25) is 4.79 Å². The van der Waals surface area contributed by atoms with Crippen LogP contribution in [-0.4, -0.2) is 20.0 Å². The third-order valence-electron chi connectivity index (χ3n) is 3.97. The molecular formula is C19H24N2O. The van der Waals surface area contributed by atoms with Crippen molar-refractivity contribution in [2.24, 2.45) is 0 Å². The van der Waals surface area contributed by atoms with Gasteiger partial charge in [0.2, 0.25) is 5.91 Å². The highest BCUT2D eigenvalue weighted by molar-refractivity contribution is 5.87. The third kappa shape index (κ3) is 3.67. The predicted octanol–water partition coefficient (Wildman–Crippen LogP) is 3.35. The van der Waals surface area contributed by atoms with E-state index in [9.17, 15) is 4.79 Å². The van der Waals surface area contributed by atoms with E-state index < -0.39 is 5.41 Å². The van der Waals surface area contributed by atoms with E-state index in [0.717, 1.165) is 16.8 Å². The summed E-state index contributed by atoms with van der Waals surface area (Å²) >= 11 is 0. The monoisotopic (exact) mass is 296 g/mol. The highest BCUT2D eigenvalue weighted by Gasteiger charge is 2.29. The number of rotatable bonds is 5. The molecule has 2 aromatic rings. The van der Waals surface area contributed by atoms with E-state index in [1.807, 2.05) is 70.4 Å². The first-order valence-corrected chi connectivity index (χ1v) is 7.51. The lowest BCUT2D eigenvalue weighted by Gasteiger charge is -2.24. The first-order chi connectivity index (χ1) is 10.4. The van der Waals surface area contributed by atoms with Crippen molar-refractivity contribution in [2.75, 3.05) is 19.0 Å². The van der Waals surface area contributed by atoms with Crippen LogP contribution in [0.4, 0.5) is 5.69 Å². The number of nitrogens with zero attached hydrogens (tertiary/aromatic N) is 1. The minimum Gasteiger partial charge on any atom is -0.378 e. The molecule has 0 saturated carbocycles. The van der Waals surface area contributed by atoms with Gasteiger partial charge in [-0.2, -0.15) is 0 Å². The number of anilines is 1. The van der Waals surface area contributed by atoms with Crippen molar-refractivity contribution >= 4 is 11.6 Å². The summed E-state index contributed by atoms with van der Waals surface area (Å²) in [7, 11) is 4.03. The van der Waals surface area contributed by atoms with Crippen molar-refractivity contribution in [3.63, 3.8) is 0 Å². The normalized spacial score (nSPS) is 11.1. The van der Waals surface area contributed by atoms with Crippen LogP contribution in [0.3, 0.4) is 0 Å². The Bertz CT molecular complexity index is 616. The Morgan fingerprint density at radius 1 is 1.00 bits per heavy atom. The fraction of sp³-hybridized carbons (Fsp3) is 0.316. The van der Waals surface area contributed by atoms with Crippen molar-refractivity contribution in [2.45, 2.75) is 25.8 Å². The third-order valence-corrected chi connectivity index (χ3v) is 3.97. The van der Waals surface area contributed by atoms with Crippen LogP contribution >= 0.6 is 0 Å². The van der Waals surface area contributed by atoms with Gasteiger partial charge in [-0.1, -0.05) is 42.5 Å². The van der Waals surface area contributed by atoms with Gasteiger partial charge < -0.3 is 10.2 Å². The number of carbonyl (C=O) groups excluding carboxylic acids is 1. The fourth-order valence-corrected chi connectivity index (χ4v) is 2.30. The minimum atomic E-state index is -0.537. The topological polar surface area (TPSA) is 32.3 Å². The highest BCUT2D eigenvalue weighted by Crippen LogP contribution is 2.23. The smallest absolute Gasteiger partial charge is 0.230 e. The quantitative estimate of drug-likeness (QED) is 0.917. The molecular weight excluding hydrogens is 272 g/mol. The van der Waals surface area contributed by atoms with Crippen LogP contribution in [0.25, 0.3) is 0 Å². The number of carbonyl (C=O) groups is 1. The van der Waals surface area contributed by atoms with Crippen molar-refractivity contribution in [1.29, 1.82) is 0 Å². The molecule has 0 fully saturated rings. The summed E-state index contributed by atoms with van der Waals surface area (Å²) in [6.07, 6.45) is 0. The van der Waals surface area contributed by atoms with E-state index in [2.05, 4.69) is 22.3 Å². The Kier molecular flexibility index (Phi) is 4.86. The zero-order chi connectivity index (χ0) is 16.2. The molecule has 0 atom stereocenters. The molecule has 2 rings (SSSR count). The Morgan fingerprint density at radius 3 is 2.14 bits per heavy atom. The van der Waals surface area contributed by atoms with Crippen LogP contribution in [0.15, 0.2) is 54.6 Å². The molecule has 3 nitrogen and oxygen atoms in total. The van der Waals surface area contributed by atoms with Crippen molar-refractivity contribution in [3.05, 3.63) is 65.7 Å². The van der Waals surface area contributed by atoms with Crippen molar-refractivity contribution in [3.8, 4) is 0 Å². The maximum absolute atomic E-state index is 12.5. The van der Waals surface area contributed by atoms with E-state index in [1.165, 1.54) is 0 Å². The molecule has 3 heteroatoms. The molecule has 0 aromatic heterocycles. The Morgan fingerprint density at radius 2 is 1.59 bits per heavy atom. The number of nitrogens with one attached hydrogen (secondary N) is 1. The molecule has 0 spiro atoms. The summed E-state index contributed by atoms with van der Waals surface area (Å²) in [6, 6.07) is 18.1. The van der Waals surface area contributed by atoms with Gasteiger partial charge in [-0.05, 0) is 37.1 Å². The fourth-order valence-electron chi connectivity index (χ4n) is 2.30. The molecule has 0 aliphatic heterocycles. The molecule has 2 aromatic carbocycles. The molecule has 22 heavy (non-hydrogen) atoms. The summed E-state index contributed by atoms with van der Waals surface area (Å²) in [6.45, 7) is 4.45. The van der Waals surface area contributed by atoms with Crippen molar-refractivity contribution < 1.29 is 4.79 Å². The number of hydrogen-bond acceptors (Lipinski definition) is 2. The zero-order valence-electron chi connectivity index (χ0n) is 13.8. The van der Waals surface area contributed by atoms with Gasteiger partial charge in [0.1, 0.15) is 0 Å². The molecule has 1 N–H and O–H groups in total. The first-order valence-electron chi connectivity index (χ1n) is 7.51. The summed E-state index contributed by atoms with van der Waals surface area (Å²) in [5.74, 6) is 0.0374. The maximum atomic E-state index is 12.5. The van der Waals surface area contributed by atoms with Gasteiger partial charge in [-0.25, -0.2) is 0 Å². The Balaban J connectivity index is 2.00. The molecule has 116 valence electrons. The van der Waals surface area contributed by atoms with Crippen LogP contribution in [0.5, 0.6) is 0 Å². The summed E-state index contributed by atoms with van der Waals surface area (Å²) < 4.78 is 0. The lowest BCUT2D eigenvalue weighted by molar-refractivity contribution is -0.125. The van der Waals surface area contributed by atoms with E-state index in [-0.39, 0.29) is 5.91 Å². The lowest BCUT2D eigenvalue weighted by Crippen LogP contribution is -2.39. The Labute approximate surface area is 133 Å². The number of amides is 1. The van der Waals surface area contributed by atoms with Crippen LogP contribution in [0.2, 0.25) is 0 Å². The van der Waals surface area contributed by atoms with E-state index in [0.29, 0.717) is 6.54 Å². The number of benzene rings is 2. The molecule has 0 aliphatic carbocycles. The standard InChI is InChI=1S/C19H24N2O/c1-19(2,16-8-6-5-7-9-16)18(22)20-14-15-10-12-17(13-11-15)21(3)4/h5-13H,14H2,1-4H3,(H,20,22). The van der Waals surface area contributed by atoms with Gasteiger partial charge >= 0.3 is 0 Å². The first kappa shape index (κ1) is 16.1. The molecule has 0 radical (unpaired) electrons. The summed E-state index contributed by atoms with van der Waals surface area (Å²) in [5.41, 5.74) is 2.74. The second-order valence-electron chi connectivity index (χ2n) is 6.23. The molecule has 0 saturated heterocycles. The SMILES string of the molecule is CN(C)c1ccc(CNC(=O)C(C)(C)c2ccccc2)cc1. The average Bonchev–Trinajstić information content (AvgIpc) is 2.53. The van der Waals surface area contributed by atoms with Crippen LogP contribution in [-0.2, 0) is 16.8 Å². The molecule has 0 aliphatic rings. The Hall–Kier alpha value is -2.29. The van der Waals surface area contributed by atoms with E-state index in [1.54, 1.807) is 0 Å².